The van der Waals surface area contributed by atoms with E-state index in [1.807, 2.05) is 36.1 Å². The number of imidazole rings is 1. The number of hydrogen-bond acceptors (Lipinski definition) is 8. The van der Waals surface area contributed by atoms with Crippen LogP contribution in [0.5, 0.6) is 5.75 Å². The lowest BCUT2D eigenvalue weighted by atomic mass is 10.0. The highest BCUT2D eigenvalue weighted by molar-refractivity contribution is 5.77. The van der Waals surface area contributed by atoms with Crippen LogP contribution in [0.1, 0.15) is 23.3 Å². The smallest absolute Gasteiger partial charge is 0.258 e. The standard InChI is InChI=1S/C21H20N6O4/c1-26-9-12-7-16-19(20-23-21(31-25-20)17-10-29-5-6-30-17)22-11-27(16)15-4-3-13(28-2)8-14(15)18(12)24-26/h3-4,8-9,11,17H,5-7,10H2,1-2H3. The zero-order chi connectivity index (χ0) is 20.9. The lowest BCUT2D eigenvalue weighted by Gasteiger charge is -2.19. The predicted molar refractivity (Wildman–Crippen MR) is 108 cm³/mol. The van der Waals surface area contributed by atoms with Gasteiger partial charge in [0.1, 0.15) is 17.8 Å². The number of aryl methyl sites for hydroxylation is 1. The number of benzene rings is 1. The first-order valence-corrected chi connectivity index (χ1v) is 10.0. The Hall–Kier alpha value is -3.50. The van der Waals surface area contributed by atoms with Crippen molar-refractivity contribution in [3.8, 4) is 34.2 Å². The number of rotatable bonds is 3. The molecule has 1 aromatic carbocycles. The summed E-state index contributed by atoms with van der Waals surface area (Å²) >= 11 is 0. The number of methoxy groups -OCH3 is 1. The maximum atomic E-state index is 5.68. The number of nitrogens with zero attached hydrogens (tertiary/aromatic N) is 6. The van der Waals surface area contributed by atoms with Crippen LogP contribution in [0, 0.1) is 0 Å². The first kappa shape index (κ1) is 18.3. The van der Waals surface area contributed by atoms with E-state index in [9.17, 15) is 0 Å². The number of ether oxygens (including phenoxy) is 3. The van der Waals surface area contributed by atoms with Crippen LogP contribution >= 0.6 is 0 Å². The molecule has 1 saturated heterocycles. The summed E-state index contributed by atoms with van der Waals surface area (Å²) in [5.41, 5.74) is 5.60. The van der Waals surface area contributed by atoms with Gasteiger partial charge in [0.2, 0.25) is 5.82 Å². The summed E-state index contributed by atoms with van der Waals surface area (Å²) in [6, 6.07) is 5.95. The van der Waals surface area contributed by atoms with Gasteiger partial charge in [0.05, 0.1) is 44.0 Å². The summed E-state index contributed by atoms with van der Waals surface area (Å²) in [7, 11) is 3.58. The van der Waals surface area contributed by atoms with Crippen LogP contribution in [0.15, 0.2) is 35.2 Å². The van der Waals surface area contributed by atoms with Gasteiger partial charge in [-0.25, -0.2) is 4.98 Å². The molecule has 0 radical (unpaired) electrons. The van der Waals surface area contributed by atoms with E-state index in [0.717, 1.165) is 34.0 Å². The zero-order valence-corrected chi connectivity index (χ0v) is 17.1. The number of hydrogen-bond donors (Lipinski definition) is 0. The van der Waals surface area contributed by atoms with Crippen molar-refractivity contribution in [3.05, 3.63) is 47.9 Å². The summed E-state index contributed by atoms with van der Waals surface area (Å²) in [6.45, 7) is 1.48. The van der Waals surface area contributed by atoms with Crippen molar-refractivity contribution in [3.63, 3.8) is 0 Å². The minimum atomic E-state index is -0.352. The van der Waals surface area contributed by atoms with Gasteiger partial charge in [-0.15, -0.1) is 0 Å². The van der Waals surface area contributed by atoms with E-state index in [1.165, 1.54) is 0 Å². The van der Waals surface area contributed by atoms with E-state index >= 15 is 0 Å². The second kappa shape index (κ2) is 7.03. The van der Waals surface area contributed by atoms with E-state index in [2.05, 4.69) is 19.7 Å². The van der Waals surface area contributed by atoms with Gasteiger partial charge in [-0.2, -0.15) is 10.1 Å². The fourth-order valence-electron chi connectivity index (χ4n) is 4.15. The Bertz CT molecular complexity index is 1270. The summed E-state index contributed by atoms with van der Waals surface area (Å²) in [4.78, 5) is 9.20. The summed E-state index contributed by atoms with van der Waals surface area (Å²) in [6.07, 6.45) is 4.09. The van der Waals surface area contributed by atoms with Crippen molar-refractivity contribution < 1.29 is 18.7 Å². The third-order valence-electron chi connectivity index (χ3n) is 5.59. The Morgan fingerprint density at radius 1 is 1.19 bits per heavy atom. The normalized spacial score (nSPS) is 17.5. The van der Waals surface area contributed by atoms with Crippen LogP contribution < -0.4 is 4.74 Å². The molecule has 0 bridgehead atoms. The second-order valence-electron chi connectivity index (χ2n) is 7.54. The van der Waals surface area contributed by atoms with Gasteiger partial charge < -0.3 is 23.3 Å². The molecule has 0 amide bonds. The van der Waals surface area contributed by atoms with E-state index in [1.54, 1.807) is 13.4 Å². The third-order valence-corrected chi connectivity index (χ3v) is 5.59. The molecule has 158 valence electrons. The van der Waals surface area contributed by atoms with Crippen molar-refractivity contribution >= 4 is 0 Å². The first-order valence-electron chi connectivity index (χ1n) is 10.0. The average Bonchev–Trinajstić information content (AvgIpc) is 3.51. The van der Waals surface area contributed by atoms with Gasteiger partial charge in [-0.3, -0.25) is 4.68 Å². The lowest BCUT2D eigenvalue weighted by molar-refractivity contribution is -0.101. The molecule has 0 spiro atoms. The highest BCUT2D eigenvalue weighted by Crippen LogP contribution is 2.38. The molecule has 0 N–H and O–H groups in total. The van der Waals surface area contributed by atoms with Gasteiger partial charge in [-0.05, 0) is 18.2 Å². The molecule has 5 heterocycles. The fraction of sp³-hybridized carbons (Fsp3) is 0.333. The summed E-state index contributed by atoms with van der Waals surface area (Å²) < 4.78 is 25.9. The molecule has 10 heteroatoms. The van der Waals surface area contributed by atoms with Crippen molar-refractivity contribution in [2.24, 2.45) is 7.05 Å². The Morgan fingerprint density at radius 2 is 2.13 bits per heavy atom. The van der Waals surface area contributed by atoms with Crippen LogP contribution in [0.3, 0.4) is 0 Å². The molecule has 1 fully saturated rings. The van der Waals surface area contributed by atoms with E-state index in [-0.39, 0.29) is 6.10 Å². The van der Waals surface area contributed by atoms with Crippen molar-refractivity contribution in [1.82, 2.24) is 29.5 Å². The minimum absolute atomic E-state index is 0.352. The molecule has 1 atom stereocenters. The molecular weight excluding hydrogens is 400 g/mol. The maximum absolute atomic E-state index is 5.68. The van der Waals surface area contributed by atoms with Crippen molar-refractivity contribution in [2.75, 3.05) is 26.9 Å². The van der Waals surface area contributed by atoms with Crippen LogP contribution in [0.2, 0.25) is 0 Å². The van der Waals surface area contributed by atoms with Crippen LogP contribution in [-0.2, 0) is 22.9 Å². The van der Waals surface area contributed by atoms with Gasteiger partial charge >= 0.3 is 0 Å². The van der Waals surface area contributed by atoms with E-state index in [4.69, 9.17) is 23.8 Å². The number of fused-ring (bicyclic) bond motifs is 5. The van der Waals surface area contributed by atoms with Gasteiger partial charge in [0.25, 0.3) is 5.89 Å². The van der Waals surface area contributed by atoms with Crippen LogP contribution in [-0.4, -0.2) is 56.4 Å². The SMILES string of the molecule is COc1ccc2c(c1)-c1nn(C)cc1Cc1c(-c3noc(C4COCCO4)n3)ncn1-2. The molecule has 1 unspecified atom stereocenters. The van der Waals surface area contributed by atoms with Crippen molar-refractivity contribution in [2.45, 2.75) is 12.5 Å². The van der Waals surface area contributed by atoms with Gasteiger partial charge in [0, 0.05) is 30.8 Å². The molecule has 6 rings (SSSR count). The summed E-state index contributed by atoms with van der Waals surface area (Å²) in [5.74, 6) is 1.61. The topological polar surface area (TPSA) is 102 Å². The molecule has 3 aromatic heterocycles. The number of aromatic nitrogens is 6. The maximum Gasteiger partial charge on any atom is 0.258 e. The largest absolute Gasteiger partial charge is 0.497 e. The average molecular weight is 420 g/mol. The fourth-order valence-corrected chi connectivity index (χ4v) is 4.15. The molecule has 0 saturated carbocycles. The second-order valence-corrected chi connectivity index (χ2v) is 7.54. The zero-order valence-electron chi connectivity index (χ0n) is 17.1. The molecule has 10 nitrogen and oxygen atoms in total. The molecule has 31 heavy (non-hydrogen) atoms. The molecule has 4 aromatic rings. The Morgan fingerprint density at radius 3 is 2.97 bits per heavy atom. The van der Waals surface area contributed by atoms with Crippen LogP contribution in [0.25, 0.3) is 28.5 Å². The quantitative estimate of drug-likeness (QED) is 0.438. The third kappa shape index (κ3) is 2.94. The molecule has 2 aliphatic rings. The summed E-state index contributed by atoms with van der Waals surface area (Å²) in [5, 5.41) is 8.88. The minimum Gasteiger partial charge on any atom is -0.497 e. The first-order chi connectivity index (χ1) is 15.2. The Kier molecular flexibility index (Phi) is 4.15. The van der Waals surface area contributed by atoms with E-state index in [0.29, 0.717) is 43.7 Å². The highest BCUT2D eigenvalue weighted by Gasteiger charge is 2.29. The van der Waals surface area contributed by atoms with Crippen molar-refractivity contribution in [1.29, 1.82) is 0 Å². The van der Waals surface area contributed by atoms with Gasteiger partial charge in [0.15, 0.2) is 6.10 Å². The molecular formula is C21H20N6O4. The van der Waals surface area contributed by atoms with Gasteiger partial charge in [-0.1, -0.05) is 5.16 Å². The van der Waals surface area contributed by atoms with Crippen LogP contribution in [0.4, 0.5) is 0 Å². The Balaban J connectivity index is 1.48. The van der Waals surface area contributed by atoms with E-state index < -0.39 is 0 Å². The lowest BCUT2D eigenvalue weighted by Crippen LogP contribution is -2.22. The molecule has 0 aliphatic carbocycles. The molecule has 2 aliphatic heterocycles. The predicted octanol–water partition coefficient (Wildman–Crippen LogP) is 2.32. The monoisotopic (exact) mass is 420 g/mol. The Labute approximate surface area is 177 Å². The highest BCUT2D eigenvalue weighted by atomic mass is 16.6.